The van der Waals surface area contributed by atoms with E-state index < -0.39 is 17.9 Å². The van der Waals surface area contributed by atoms with E-state index in [2.05, 4.69) is 5.32 Å². The van der Waals surface area contributed by atoms with Crippen molar-refractivity contribution in [3.05, 3.63) is 64.4 Å². The molecule has 3 amide bonds. The molecule has 190 valence electrons. The van der Waals surface area contributed by atoms with E-state index in [0.717, 1.165) is 24.8 Å². The fourth-order valence-corrected chi connectivity index (χ4v) is 5.50. The second-order valence-electron chi connectivity index (χ2n) is 9.40. The zero-order chi connectivity index (χ0) is 25.5. The lowest BCUT2D eigenvalue weighted by Gasteiger charge is -2.39. The van der Waals surface area contributed by atoms with Crippen LogP contribution in [0.5, 0.6) is 0 Å². The van der Waals surface area contributed by atoms with Crippen LogP contribution in [0.2, 0.25) is 0 Å². The summed E-state index contributed by atoms with van der Waals surface area (Å²) in [5.74, 6) is -1.25. The maximum absolute atomic E-state index is 13.1. The predicted octanol–water partition coefficient (Wildman–Crippen LogP) is 2.96. The van der Waals surface area contributed by atoms with E-state index in [1.54, 1.807) is 52.6 Å². The summed E-state index contributed by atoms with van der Waals surface area (Å²) in [7, 11) is 1.24. The number of hydrogen-bond acceptors (Lipinski definition) is 6. The summed E-state index contributed by atoms with van der Waals surface area (Å²) >= 11 is 1.60. The van der Waals surface area contributed by atoms with Gasteiger partial charge in [0.05, 0.1) is 13.5 Å². The molecule has 2 aromatic rings. The molecule has 36 heavy (non-hydrogen) atoms. The highest BCUT2D eigenvalue weighted by molar-refractivity contribution is 7.08. The molecular formula is C27H31N3O5S. The van der Waals surface area contributed by atoms with E-state index in [4.69, 9.17) is 4.74 Å². The molecule has 3 heterocycles. The Labute approximate surface area is 214 Å². The monoisotopic (exact) mass is 509 g/mol. The number of carbonyl (C=O) groups is 4. The smallest absolute Gasteiger partial charge is 0.328 e. The molecule has 0 saturated carbocycles. The number of esters is 1. The highest BCUT2D eigenvalue weighted by atomic mass is 32.1. The van der Waals surface area contributed by atoms with Gasteiger partial charge in [-0.3, -0.25) is 14.4 Å². The molecule has 2 fully saturated rings. The van der Waals surface area contributed by atoms with Gasteiger partial charge in [-0.05, 0) is 65.3 Å². The number of rotatable bonds is 7. The average molecular weight is 510 g/mol. The van der Waals surface area contributed by atoms with Crippen LogP contribution in [0.1, 0.15) is 41.6 Å². The van der Waals surface area contributed by atoms with Crippen LogP contribution in [0.3, 0.4) is 0 Å². The van der Waals surface area contributed by atoms with E-state index in [9.17, 15) is 19.2 Å². The minimum absolute atomic E-state index is 0.0112. The van der Waals surface area contributed by atoms with Crippen LogP contribution in [-0.2, 0) is 19.1 Å². The fraction of sp³-hybridized carbons (Fsp3) is 0.407. The van der Waals surface area contributed by atoms with Crippen molar-refractivity contribution in [2.75, 3.05) is 33.3 Å². The van der Waals surface area contributed by atoms with E-state index in [-0.39, 0.29) is 23.7 Å². The molecule has 1 aromatic carbocycles. The maximum Gasteiger partial charge on any atom is 0.328 e. The lowest BCUT2D eigenvalue weighted by molar-refractivity contribution is -0.146. The Bertz CT molecular complexity index is 1110. The molecule has 9 heteroatoms. The summed E-state index contributed by atoms with van der Waals surface area (Å²) in [6, 6.07) is 9.47. The van der Waals surface area contributed by atoms with Crippen molar-refractivity contribution in [2.24, 2.45) is 5.41 Å². The van der Waals surface area contributed by atoms with Crippen molar-refractivity contribution < 1.29 is 23.9 Å². The first-order chi connectivity index (χ1) is 17.4. The van der Waals surface area contributed by atoms with Gasteiger partial charge in [0, 0.05) is 37.8 Å². The Morgan fingerprint density at radius 2 is 1.75 bits per heavy atom. The van der Waals surface area contributed by atoms with Crippen molar-refractivity contribution in [1.29, 1.82) is 0 Å². The number of carbonyl (C=O) groups excluding carboxylic acids is 4. The van der Waals surface area contributed by atoms with Crippen molar-refractivity contribution >= 4 is 41.1 Å². The zero-order valence-electron chi connectivity index (χ0n) is 20.4. The number of nitrogens with zero attached hydrogens (tertiary/aromatic N) is 2. The highest BCUT2D eigenvalue weighted by Gasteiger charge is 2.43. The largest absolute Gasteiger partial charge is 0.467 e. The summed E-state index contributed by atoms with van der Waals surface area (Å²) in [4.78, 5) is 54.1. The van der Waals surface area contributed by atoms with E-state index in [1.807, 2.05) is 27.8 Å². The number of thiophene rings is 1. The molecule has 0 aliphatic carbocycles. The van der Waals surface area contributed by atoms with Crippen molar-refractivity contribution in [3.63, 3.8) is 0 Å². The Morgan fingerprint density at radius 1 is 1.06 bits per heavy atom. The first-order valence-electron chi connectivity index (χ1n) is 12.1. The van der Waals surface area contributed by atoms with Crippen LogP contribution >= 0.6 is 11.3 Å². The molecule has 1 aromatic heterocycles. The Hall–Kier alpha value is -3.46. The third-order valence-electron chi connectivity index (χ3n) is 7.09. The van der Waals surface area contributed by atoms with Gasteiger partial charge in [-0.15, -0.1) is 0 Å². The Kier molecular flexibility index (Phi) is 8.20. The summed E-state index contributed by atoms with van der Waals surface area (Å²) in [6.45, 7) is 2.52. The Balaban J connectivity index is 1.30. The van der Waals surface area contributed by atoms with Crippen LogP contribution in [0.4, 0.5) is 0 Å². The number of nitrogens with one attached hydrogen (secondary N) is 1. The van der Waals surface area contributed by atoms with Crippen molar-refractivity contribution in [3.8, 4) is 0 Å². The minimum Gasteiger partial charge on any atom is -0.467 e. The normalized spacial score (nSPS) is 17.8. The molecule has 1 spiro atoms. The summed E-state index contributed by atoms with van der Waals surface area (Å²) in [5, 5.41) is 6.61. The van der Waals surface area contributed by atoms with Gasteiger partial charge in [0.25, 0.3) is 5.91 Å². The number of benzene rings is 1. The molecule has 2 aliphatic heterocycles. The van der Waals surface area contributed by atoms with E-state index in [0.29, 0.717) is 31.7 Å². The first kappa shape index (κ1) is 25.6. The number of likely N-dealkylation sites (tertiary alicyclic amines) is 2. The van der Waals surface area contributed by atoms with Crippen LogP contribution < -0.4 is 5.32 Å². The number of ether oxygens (including phenoxy) is 1. The van der Waals surface area contributed by atoms with Crippen molar-refractivity contribution in [1.82, 2.24) is 15.1 Å². The van der Waals surface area contributed by atoms with Gasteiger partial charge in [0.1, 0.15) is 6.04 Å². The van der Waals surface area contributed by atoms with Crippen molar-refractivity contribution in [2.45, 2.75) is 31.7 Å². The molecule has 2 aliphatic rings. The predicted molar refractivity (Wildman–Crippen MR) is 137 cm³/mol. The number of methoxy groups -OCH3 is 1. The standard InChI is InChI=1S/C27H31N3O5S/c1-35-26(34)22(28-25(33)21-5-3-2-4-6-21)17-24(32)30-15-12-27(19-30)10-13-29(14-11-27)23(31)8-7-20-9-16-36-18-20/h2-9,16,18,22H,10-15,17,19H2,1H3,(H,28,33)/b8-7+/t22-/m0/s1. The number of amides is 3. The highest BCUT2D eigenvalue weighted by Crippen LogP contribution is 2.40. The summed E-state index contributed by atoms with van der Waals surface area (Å²) < 4.78 is 4.83. The van der Waals surface area contributed by atoms with Crippen LogP contribution in [-0.4, -0.2) is 72.8 Å². The SMILES string of the molecule is COC(=O)[C@H](CC(=O)N1CCC2(CCN(C(=O)/C=C/c3ccsc3)CC2)C1)NC(=O)c1ccccc1. The third-order valence-corrected chi connectivity index (χ3v) is 7.80. The zero-order valence-corrected chi connectivity index (χ0v) is 21.2. The number of hydrogen-bond donors (Lipinski definition) is 1. The van der Waals surface area contributed by atoms with Gasteiger partial charge in [-0.1, -0.05) is 18.2 Å². The molecule has 2 saturated heterocycles. The quantitative estimate of drug-likeness (QED) is 0.457. The second kappa shape index (κ2) is 11.5. The first-order valence-corrected chi connectivity index (χ1v) is 13.0. The summed E-state index contributed by atoms with van der Waals surface area (Å²) in [5.41, 5.74) is 1.42. The maximum atomic E-state index is 13.1. The van der Waals surface area contributed by atoms with Crippen LogP contribution in [0.15, 0.2) is 53.2 Å². The lowest BCUT2D eigenvalue weighted by atomic mass is 9.78. The Morgan fingerprint density at radius 3 is 2.39 bits per heavy atom. The molecule has 8 nitrogen and oxygen atoms in total. The average Bonchev–Trinajstić information content (AvgIpc) is 3.58. The molecule has 1 N–H and O–H groups in total. The van der Waals surface area contributed by atoms with Gasteiger partial charge < -0.3 is 19.9 Å². The molecule has 1 atom stereocenters. The molecule has 0 radical (unpaired) electrons. The molecule has 4 rings (SSSR count). The topological polar surface area (TPSA) is 96.0 Å². The fourth-order valence-electron chi connectivity index (χ4n) is 4.87. The molecular weight excluding hydrogens is 478 g/mol. The molecule has 0 bridgehead atoms. The number of piperidine rings is 1. The van der Waals surface area contributed by atoms with Crippen LogP contribution in [0, 0.1) is 5.41 Å². The van der Waals surface area contributed by atoms with Gasteiger partial charge in [0.15, 0.2) is 0 Å². The van der Waals surface area contributed by atoms with Crippen LogP contribution in [0.25, 0.3) is 6.08 Å². The van der Waals surface area contributed by atoms with Gasteiger partial charge in [-0.2, -0.15) is 11.3 Å². The van der Waals surface area contributed by atoms with Gasteiger partial charge >= 0.3 is 5.97 Å². The minimum atomic E-state index is -1.05. The van der Waals surface area contributed by atoms with Gasteiger partial charge in [-0.25, -0.2) is 4.79 Å². The second-order valence-corrected chi connectivity index (χ2v) is 10.2. The van der Waals surface area contributed by atoms with E-state index in [1.165, 1.54) is 7.11 Å². The lowest BCUT2D eigenvalue weighted by Crippen LogP contribution is -2.46. The van der Waals surface area contributed by atoms with Gasteiger partial charge in [0.2, 0.25) is 11.8 Å². The molecule has 0 unspecified atom stereocenters. The third kappa shape index (κ3) is 6.20. The van der Waals surface area contributed by atoms with E-state index >= 15 is 0 Å². The summed E-state index contributed by atoms with van der Waals surface area (Å²) in [6.07, 6.45) is 5.85.